The summed E-state index contributed by atoms with van der Waals surface area (Å²) in [6, 6.07) is 11.0. The molecule has 1 saturated heterocycles. The zero-order chi connectivity index (χ0) is 10.1. The lowest BCUT2D eigenvalue weighted by atomic mass is 10.2. The topological polar surface area (TPSA) is 3.24 Å². The average Bonchev–Trinajstić information content (AvgIpc) is 2.86. The van der Waals surface area contributed by atoms with Crippen LogP contribution < -0.4 is 0 Å². The highest BCUT2D eigenvalue weighted by atomic mass is 32.1. The van der Waals surface area contributed by atoms with Crippen LogP contribution in [-0.4, -0.2) is 18.0 Å². The van der Waals surface area contributed by atoms with E-state index in [0.717, 1.165) is 6.54 Å². The van der Waals surface area contributed by atoms with Gasteiger partial charge in [0.1, 0.15) is 0 Å². The lowest BCUT2D eigenvalue weighted by Gasteiger charge is -2.12. The zero-order valence-corrected chi connectivity index (χ0v) is 9.59. The molecule has 2 heteroatoms. The second-order valence-corrected chi connectivity index (χ2v) is 5.40. The average molecular weight is 217 g/mol. The van der Waals surface area contributed by atoms with Gasteiger partial charge in [-0.1, -0.05) is 18.2 Å². The number of hydrogen-bond donors (Lipinski definition) is 0. The molecule has 0 radical (unpaired) electrons. The van der Waals surface area contributed by atoms with Gasteiger partial charge in [-0.3, -0.25) is 4.90 Å². The van der Waals surface area contributed by atoms with Crippen LogP contribution in [0.1, 0.15) is 17.7 Å². The highest BCUT2D eigenvalue weighted by Crippen LogP contribution is 2.27. The fourth-order valence-corrected chi connectivity index (χ4v) is 3.38. The van der Waals surface area contributed by atoms with E-state index in [4.69, 9.17) is 0 Å². The van der Waals surface area contributed by atoms with Crippen molar-refractivity contribution in [3.63, 3.8) is 0 Å². The van der Waals surface area contributed by atoms with E-state index < -0.39 is 0 Å². The molecule has 1 aliphatic heterocycles. The molecule has 78 valence electrons. The van der Waals surface area contributed by atoms with Gasteiger partial charge in [-0.15, -0.1) is 11.3 Å². The molecular formula is C13H15NS. The Labute approximate surface area is 94.3 Å². The number of nitrogens with zero attached hydrogens (tertiary/aromatic N) is 1. The molecule has 1 fully saturated rings. The van der Waals surface area contributed by atoms with Crippen molar-refractivity contribution in [2.75, 3.05) is 13.1 Å². The molecule has 1 aliphatic rings. The summed E-state index contributed by atoms with van der Waals surface area (Å²) in [5.74, 6) is 0. The molecule has 0 saturated carbocycles. The lowest BCUT2D eigenvalue weighted by Crippen LogP contribution is -2.17. The summed E-state index contributed by atoms with van der Waals surface area (Å²) in [5.41, 5.74) is 0. The number of thiophene rings is 1. The molecule has 0 amide bonds. The van der Waals surface area contributed by atoms with Crippen molar-refractivity contribution in [2.45, 2.75) is 19.4 Å². The Hall–Kier alpha value is -0.860. The molecule has 0 spiro atoms. The summed E-state index contributed by atoms with van der Waals surface area (Å²) < 4.78 is 1.42. The third kappa shape index (κ3) is 1.92. The highest BCUT2D eigenvalue weighted by molar-refractivity contribution is 7.19. The van der Waals surface area contributed by atoms with Crippen LogP contribution in [0.2, 0.25) is 0 Å². The van der Waals surface area contributed by atoms with Crippen molar-refractivity contribution in [3.05, 3.63) is 35.2 Å². The van der Waals surface area contributed by atoms with Crippen LogP contribution in [0.4, 0.5) is 0 Å². The van der Waals surface area contributed by atoms with E-state index in [2.05, 4.69) is 35.2 Å². The van der Waals surface area contributed by atoms with Crippen LogP contribution in [0.25, 0.3) is 10.1 Å². The quantitative estimate of drug-likeness (QED) is 0.744. The summed E-state index contributed by atoms with van der Waals surface area (Å²) in [6.07, 6.45) is 2.76. The molecule has 1 aromatic carbocycles. The number of hydrogen-bond acceptors (Lipinski definition) is 2. The van der Waals surface area contributed by atoms with Crippen LogP contribution in [0.15, 0.2) is 30.3 Å². The molecule has 0 bridgehead atoms. The molecular weight excluding hydrogens is 202 g/mol. The minimum absolute atomic E-state index is 1.15. The molecule has 15 heavy (non-hydrogen) atoms. The van der Waals surface area contributed by atoms with Crippen LogP contribution in [0.5, 0.6) is 0 Å². The van der Waals surface area contributed by atoms with Gasteiger partial charge in [0, 0.05) is 16.1 Å². The van der Waals surface area contributed by atoms with Crippen LogP contribution in [-0.2, 0) is 6.54 Å². The van der Waals surface area contributed by atoms with Gasteiger partial charge in [0.15, 0.2) is 0 Å². The van der Waals surface area contributed by atoms with Crippen LogP contribution in [0, 0.1) is 0 Å². The molecule has 1 aromatic heterocycles. The van der Waals surface area contributed by atoms with Crippen molar-refractivity contribution in [3.8, 4) is 0 Å². The van der Waals surface area contributed by atoms with E-state index in [-0.39, 0.29) is 0 Å². The van der Waals surface area contributed by atoms with E-state index in [1.165, 1.54) is 40.9 Å². The van der Waals surface area contributed by atoms with E-state index >= 15 is 0 Å². The van der Waals surface area contributed by atoms with Crippen LogP contribution in [0.3, 0.4) is 0 Å². The summed E-state index contributed by atoms with van der Waals surface area (Å²) in [7, 11) is 0. The number of fused-ring (bicyclic) bond motifs is 1. The Kier molecular flexibility index (Phi) is 2.47. The van der Waals surface area contributed by atoms with Gasteiger partial charge in [-0.05, 0) is 43.5 Å². The molecule has 2 heterocycles. The Morgan fingerprint density at radius 3 is 2.73 bits per heavy atom. The molecule has 0 atom stereocenters. The third-order valence-electron chi connectivity index (χ3n) is 3.05. The monoisotopic (exact) mass is 217 g/mol. The predicted molar refractivity (Wildman–Crippen MR) is 66.3 cm³/mol. The van der Waals surface area contributed by atoms with E-state index in [1.807, 2.05) is 11.3 Å². The highest BCUT2D eigenvalue weighted by Gasteiger charge is 2.12. The number of likely N-dealkylation sites (tertiary alicyclic amines) is 1. The summed E-state index contributed by atoms with van der Waals surface area (Å²) in [4.78, 5) is 4.07. The largest absolute Gasteiger partial charge is 0.298 e. The molecule has 3 rings (SSSR count). The van der Waals surface area contributed by atoms with Gasteiger partial charge < -0.3 is 0 Å². The standard InChI is InChI=1S/C13H15NS/c1-2-6-13-11(5-1)9-12(15-13)10-14-7-3-4-8-14/h1-2,5-6,9H,3-4,7-8,10H2. The van der Waals surface area contributed by atoms with Gasteiger partial charge in [-0.25, -0.2) is 0 Å². The minimum Gasteiger partial charge on any atom is -0.298 e. The van der Waals surface area contributed by atoms with Gasteiger partial charge >= 0.3 is 0 Å². The molecule has 0 N–H and O–H groups in total. The normalized spacial score (nSPS) is 17.6. The van der Waals surface area contributed by atoms with Crippen molar-refractivity contribution < 1.29 is 0 Å². The number of benzene rings is 1. The van der Waals surface area contributed by atoms with Gasteiger partial charge in [0.2, 0.25) is 0 Å². The second-order valence-electron chi connectivity index (χ2n) is 4.23. The fraction of sp³-hybridized carbons (Fsp3) is 0.385. The van der Waals surface area contributed by atoms with Crippen molar-refractivity contribution in [2.24, 2.45) is 0 Å². The van der Waals surface area contributed by atoms with Gasteiger partial charge in [-0.2, -0.15) is 0 Å². The Bertz CT molecular complexity index is 421. The van der Waals surface area contributed by atoms with Crippen LogP contribution >= 0.6 is 11.3 Å². The van der Waals surface area contributed by atoms with E-state index in [0.29, 0.717) is 0 Å². The summed E-state index contributed by atoms with van der Waals surface area (Å²) in [5, 5.41) is 1.40. The SMILES string of the molecule is c1ccc2sc(CN3CCCC3)cc2c1. The Morgan fingerprint density at radius 2 is 1.93 bits per heavy atom. The number of rotatable bonds is 2. The van der Waals surface area contributed by atoms with Crippen molar-refractivity contribution >= 4 is 21.4 Å². The first-order chi connectivity index (χ1) is 7.42. The second kappa shape index (κ2) is 3.95. The predicted octanol–water partition coefficient (Wildman–Crippen LogP) is 3.50. The Balaban J connectivity index is 1.84. The van der Waals surface area contributed by atoms with E-state index in [1.54, 1.807) is 0 Å². The first-order valence-corrected chi connectivity index (χ1v) is 6.43. The first-order valence-electron chi connectivity index (χ1n) is 5.62. The molecule has 2 aromatic rings. The van der Waals surface area contributed by atoms with Gasteiger partial charge in [0.25, 0.3) is 0 Å². The van der Waals surface area contributed by atoms with Crippen molar-refractivity contribution in [1.82, 2.24) is 4.90 Å². The zero-order valence-electron chi connectivity index (χ0n) is 8.78. The minimum atomic E-state index is 1.15. The lowest BCUT2D eigenvalue weighted by molar-refractivity contribution is 0.334. The fourth-order valence-electron chi connectivity index (χ4n) is 2.28. The summed E-state index contributed by atoms with van der Waals surface area (Å²) >= 11 is 1.94. The summed E-state index contributed by atoms with van der Waals surface area (Å²) in [6.45, 7) is 3.72. The first kappa shape index (κ1) is 9.37. The maximum Gasteiger partial charge on any atom is 0.0346 e. The van der Waals surface area contributed by atoms with Crippen molar-refractivity contribution in [1.29, 1.82) is 0 Å². The molecule has 0 aliphatic carbocycles. The molecule has 0 unspecified atom stereocenters. The Morgan fingerprint density at radius 1 is 1.13 bits per heavy atom. The maximum atomic E-state index is 2.56. The third-order valence-corrected chi connectivity index (χ3v) is 4.16. The van der Waals surface area contributed by atoms with E-state index in [9.17, 15) is 0 Å². The van der Waals surface area contributed by atoms with Gasteiger partial charge in [0.05, 0.1) is 0 Å². The smallest absolute Gasteiger partial charge is 0.0346 e. The molecule has 1 nitrogen and oxygen atoms in total. The maximum absolute atomic E-state index is 2.56.